The molecule has 2 heterocycles. The molecule has 0 aliphatic carbocycles. The number of benzene rings is 3. The second-order valence-electron chi connectivity index (χ2n) is 8.04. The van der Waals surface area contributed by atoms with Gasteiger partial charge in [0.05, 0.1) is 16.6 Å². The number of fused-ring (bicyclic) bond motifs is 1. The maximum absolute atomic E-state index is 13.0. The number of rotatable bonds is 5. The Hall–Kier alpha value is -5.00. The molecule has 0 spiro atoms. The summed E-state index contributed by atoms with van der Waals surface area (Å²) < 4.78 is 40.6. The van der Waals surface area contributed by atoms with Gasteiger partial charge in [0.15, 0.2) is 0 Å². The minimum absolute atomic E-state index is 0.0760. The lowest BCUT2D eigenvalue weighted by Crippen LogP contribution is -2.14. The third-order valence-corrected chi connectivity index (χ3v) is 5.36. The van der Waals surface area contributed by atoms with Crippen LogP contribution in [0.5, 0.6) is 0 Å². The number of nitrogens with two attached hydrogens (primary N) is 1. The predicted octanol–water partition coefficient (Wildman–Crippen LogP) is 5.12. The Balaban J connectivity index is 1.39. The van der Waals surface area contributed by atoms with Gasteiger partial charge < -0.3 is 16.4 Å². The molecule has 2 aromatic heterocycles. The summed E-state index contributed by atoms with van der Waals surface area (Å²) in [5.74, 6) is 0.591. The van der Waals surface area contributed by atoms with Crippen LogP contribution in [0.3, 0.4) is 0 Å². The molecule has 0 saturated heterocycles. The maximum atomic E-state index is 13.0. The number of aromatic nitrogens is 5. The highest BCUT2D eigenvalue weighted by Gasteiger charge is 2.30. The number of anilines is 4. The van der Waals surface area contributed by atoms with E-state index in [1.54, 1.807) is 35.8 Å². The highest BCUT2D eigenvalue weighted by molar-refractivity contribution is 6.04. The van der Waals surface area contributed by atoms with Crippen molar-refractivity contribution in [1.29, 1.82) is 0 Å². The van der Waals surface area contributed by atoms with Gasteiger partial charge in [0, 0.05) is 16.9 Å². The second-order valence-corrected chi connectivity index (χ2v) is 8.04. The second kappa shape index (κ2) is 9.22. The van der Waals surface area contributed by atoms with Crippen molar-refractivity contribution in [3.05, 3.63) is 89.7 Å². The summed E-state index contributed by atoms with van der Waals surface area (Å²) in [4.78, 5) is 29.8. The van der Waals surface area contributed by atoms with Crippen molar-refractivity contribution in [2.45, 2.75) is 13.1 Å². The first-order valence-electron chi connectivity index (χ1n) is 11.0. The summed E-state index contributed by atoms with van der Waals surface area (Å²) in [7, 11) is 0. The lowest BCUT2D eigenvalue weighted by atomic mass is 10.1. The number of hydrogen-bond acceptors (Lipinski definition) is 7. The molecule has 0 saturated carbocycles. The largest absolute Gasteiger partial charge is 0.416 e. The SMILES string of the molecule is Cc1nc(N)nc(-n2c(Nc3ccc(NC(=O)c4cccc(C(F)(F)F)c4)cc3)nc3ccccc32)n1. The first kappa shape index (κ1) is 23.7. The van der Waals surface area contributed by atoms with E-state index in [1.165, 1.54) is 12.1 Å². The fraction of sp³-hybridized carbons (Fsp3) is 0.0800. The van der Waals surface area contributed by atoms with Crippen LogP contribution in [0.1, 0.15) is 21.7 Å². The Morgan fingerprint density at radius 3 is 2.35 bits per heavy atom. The van der Waals surface area contributed by atoms with Gasteiger partial charge in [-0.15, -0.1) is 0 Å². The fourth-order valence-electron chi connectivity index (χ4n) is 3.71. The molecule has 0 aliphatic rings. The van der Waals surface area contributed by atoms with Gasteiger partial charge >= 0.3 is 6.18 Å². The van der Waals surface area contributed by atoms with Crippen molar-refractivity contribution in [2.75, 3.05) is 16.4 Å². The summed E-state index contributed by atoms with van der Waals surface area (Å²) in [6.45, 7) is 1.71. The van der Waals surface area contributed by atoms with E-state index < -0.39 is 17.6 Å². The van der Waals surface area contributed by atoms with Gasteiger partial charge in [0.1, 0.15) is 5.82 Å². The predicted molar refractivity (Wildman–Crippen MR) is 133 cm³/mol. The maximum Gasteiger partial charge on any atom is 0.416 e. The van der Waals surface area contributed by atoms with Crippen LogP contribution >= 0.6 is 0 Å². The van der Waals surface area contributed by atoms with E-state index >= 15 is 0 Å². The van der Waals surface area contributed by atoms with E-state index in [9.17, 15) is 18.0 Å². The fourth-order valence-corrected chi connectivity index (χ4v) is 3.71. The molecule has 0 unspecified atom stereocenters. The van der Waals surface area contributed by atoms with E-state index in [4.69, 9.17) is 5.73 Å². The topological polar surface area (TPSA) is 124 Å². The first-order valence-corrected chi connectivity index (χ1v) is 11.0. The number of aryl methyl sites for hydroxylation is 1. The monoisotopic (exact) mass is 504 g/mol. The van der Waals surface area contributed by atoms with Gasteiger partial charge in [-0.3, -0.25) is 4.79 Å². The number of alkyl halides is 3. The number of para-hydroxylation sites is 2. The molecule has 4 N–H and O–H groups in total. The van der Waals surface area contributed by atoms with Gasteiger partial charge in [-0.1, -0.05) is 18.2 Å². The number of imidazole rings is 1. The quantitative estimate of drug-likeness (QED) is 0.304. The Kier molecular flexibility index (Phi) is 5.91. The Morgan fingerprint density at radius 1 is 0.892 bits per heavy atom. The van der Waals surface area contributed by atoms with Crippen LogP contribution < -0.4 is 16.4 Å². The number of nitrogen functional groups attached to an aromatic ring is 1. The molecule has 5 rings (SSSR count). The highest BCUT2D eigenvalue weighted by Crippen LogP contribution is 2.30. The van der Waals surface area contributed by atoms with Crippen molar-refractivity contribution in [1.82, 2.24) is 24.5 Å². The molecule has 9 nitrogen and oxygen atoms in total. The van der Waals surface area contributed by atoms with Crippen molar-refractivity contribution in [3.63, 3.8) is 0 Å². The molecular weight excluding hydrogens is 485 g/mol. The van der Waals surface area contributed by atoms with Crippen LogP contribution in [-0.4, -0.2) is 30.4 Å². The minimum atomic E-state index is -4.54. The molecular formula is C25H19F3N8O. The molecule has 1 amide bonds. The van der Waals surface area contributed by atoms with Gasteiger partial charge in [-0.25, -0.2) is 9.55 Å². The van der Waals surface area contributed by atoms with Crippen LogP contribution in [0.15, 0.2) is 72.8 Å². The molecule has 5 aromatic rings. The third-order valence-electron chi connectivity index (χ3n) is 5.36. The number of nitrogens with one attached hydrogen (secondary N) is 2. The molecule has 37 heavy (non-hydrogen) atoms. The van der Waals surface area contributed by atoms with Crippen LogP contribution in [-0.2, 0) is 6.18 Å². The average Bonchev–Trinajstić information content (AvgIpc) is 3.22. The van der Waals surface area contributed by atoms with Gasteiger partial charge in [-0.05, 0) is 61.5 Å². The molecule has 0 atom stereocenters. The number of hydrogen-bond donors (Lipinski definition) is 3. The summed E-state index contributed by atoms with van der Waals surface area (Å²) >= 11 is 0. The molecule has 0 radical (unpaired) electrons. The van der Waals surface area contributed by atoms with Crippen LogP contribution in [0.4, 0.5) is 36.4 Å². The lowest BCUT2D eigenvalue weighted by molar-refractivity contribution is -0.137. The normalized spacial score (nSPS) is 11.5. The average molecular weight is 504 g/mol. The summed E-state index contributed by atoms with van der Waals surface area (Å²) in [6, 6.07) is 18.3. The zero-order valence-corrected chi connectivity index (χ0v) is 19.3. The lowest BCUT2D eigenvalue weighted by Gasteiger charge is -2.11. The number of carbonyl (C=O) groups excluding carboxylic acids is 1. The first-order chi connectivity index (χ1) is 17.7. The zero-order chi connectivity index (χ0) is 26.2. The van der Waals surface area contributed by atoms with Crippen LogP contribution in [0.25, 0.3) is 17.0 Å². The van der Waals surface area contributed by atoms with Gasteiger partial charge in [0.2, 0.25) is 17.8 Å². The minimum Gasteiger partial charge on any atom is -0.368 e. The highest BCUT2D eigenvalue weighted by atomic mass is 19.4. The van der Waals surface area contributed by atoms with Crippen molar-refractivity contribution < 1.29 is 18.0 Å². The third kappa shape index (κ3) is 5.03. The summed E-state index contributed by atoms with van der Waals surface area (Å²) in [5, 5.41) is 5.81. The van der Waals surface area contributed by atoms with E-state index in [-0.39, 0.29) is 11.5 Å². The summed E-state index contributed by atoms with van der Waals surface area (Å²) in [5.41, 5.74) is 7.33. The molecule has 0 bridgehead atoms. The number of carbonyl (C=O) groups is 1. The van der Waals surface area contributed by atoms with E-state index in [0.717, 1.165) is 17.6 Å². The van der Waals surface area contributed by atoms with Gasteiger partial charge in [0.25, 0.3) is 5.91 Å². The van der Waals surface area contributed by atoms with Gasteiger partial charge in [-0.2, -0.15) is 28.1 Å². The number of nitrogens with zero attached hydrogens (tertiary/aromatic N) is 5. The molecule has 0 aliphatic heterocycles. The molecule has 0 fully saturated rings. The van der Waals surface area contributed by atoms with E-state index in [1.807, 2.05) is 24.3 Å². The Labute approximate surface area is 208 Å². The standard InChI is InChI=1S/C25H19F3N8O/c1-14-30-22(29)35-23(31-14)36-20-8-3-2-7-19(20)34-24(36)33-18-11-9-17(10-12-18)32-21(37)15-5-4-6-16(13-15)25(26,27)28/h2-13H,1H3,(H,32,37)(H,33,34)(H2,29,30,31,35). The van der Waals surface area contributed by atoms with E-state index in [0.29, 0.717) is 34.6 Å². The van der Waals surface area contributed by atoms with E-state index in [2.05, 4.69) is 30.6 Å². The number of halogens is 3. The number of amides is 1. The van der Waals surface area contributed by atoms with Crippen molar-refractivity contribution >= 4 is 40.2 Å². The molecule has 3 aromatic carbocycles. The van der Waals surface area contributed by atoms with Crippen molar-refractivity contribution in [3.8, 4) is 5.95 Å². The smallest absolute Gasteiger partial charge is 0.368 e. The Morgan fingerprint density at radius 2 is 1.62 bits per heavy atom. The zero-order valence-electron chi connectivity index (χ0n) is 19.3. The van der Waals surface area contributed by atoms with Crippen molar-refractivity contribution in [2.24, 2.45) is 0 Å². The van der Waals surface area contributed by atoms with Crippen LogP contribution in [0, 0.1) is 6.92 Å². The molecule has 12 heteroatoms. The van der Waals surface area contributed by atoms with Crippen LogP contribution in [0.2, 0.25) is 0 Å². The summed E-state index contributed by atoms with van der Waals surface area (Å²) in [6.07, 6.45) is -4.54. The molecule has 186 valence electrons. The Bertz CT molecular complexity index is 1590.